The zero-order chi connectivity index (χ0) is 28.0. The molecule has 0 N–H and O–H groups in total. The molecule has 0 aliphatic heterocycles. The van der Waals surface area contributed by atoms with Crippen LogP contribution in [0.4, 0.5) is 8.78 Å². The fourth-order valence-electron chi connectivity index (χ4n) is 4.83. The van der Waals surface area contributed by atoms with Crippen LogP contribution in [0.5, 0.6) is 11.5 Å². The second-order valence-electron chi connectivity index (χ2n) is 10.5. The lowest BCUT2D eigenvalue weighted by Gasteiger charge is -2.28. The van der Waals surface area contributed by atoms with E-state index in [0.717, 1.165) is 69.8 Å². The molecule has 0 bridgehead atoms. The van der Waals surface area contributed by atoms with E-state index in [1.54, 1.807) is 18.2 Å². The minimum Gasteiger partial charge on any atom is -0.493 e. The van der Waals surface area contributed by atoms with Gasteiger partial charge in [-0.05, 0) is 87.1 Å². The number of hydrogen-bond acceptors (Lipinski definition) is 5. The van der Waals surface area contributed by atoms with Crippen molar-refractivity contribution in [2.75, 3.05) is 6.61 Å². The lowest BCUT2D eigenvalue weighted by Crippen LogP contribution is -2.29. The van der Waals surface area contributed by atoms with Crippen molar-refractivity contribution in [2.24, 2.45) is 5.92 Å². The highest BCUT2D eigenvalue weighted by atomic mass is 19.1. The van der Waals surface area contributed by atoms with Gasteiger partial charge in [0.2, 0.25) is 0 Å². The van der Waals surface area contributed by atoms with Gasteiger partial charge >= 0.3 is 11.9 Å². The molecule has 0 radical (unpaired) electrons. The van der Waals surface area contributed by atoms with Gasteiger partial charge in [-0.25, -0.2) is 18.4 Å². The molecule has 1 atom stereocenters. The molecule has 0 heterocycles. The van der Waals surface area contributed by atoms with Crippen LogP contribution in [0.1, 0.15) is 100 Å². The largest absolute Gasteiger partial charge is 0.493 e. The van der Waals surface area contributed by atoms with E-state index >= 15 is 0 Å². The summed E-state index contributed by atoms with van der Waals surface area (Å²) < 4.78 is 44.6. The van der Waals surface area contributed by atoms with Crippen molar-refractivity contribution >= 4 is 11.9 Å². The first-order valence-electron chi connectivity index (χ1n) is 14.5. The first-order chi connectivity index (χ1) is 18.9. The predicted molar refractivity (Wildman–Crippen MR) is 147 cm³/mol. The fourth-order valence-corrected chi connectivity index (χ4v) is 4.83. The SMILES string of the molecule is CCCCCOc1ccc(C(=O)Oc2ccc(CCC3CCC(OC(=O)[C@@H](F)CCCC)CC3)cc2)c(F)c1. The third-order valence-corrected chi connectivity index (χ3v) is 7.30. The van der Waals surface area contributed by atoms with Gasteiger partial charge < -0.3 is 14.2 Å². The molecular weight excluding hydrogens is 502 g/mol. The Hall–Kier alpha value is -2.96. The van der Waals surface area contributed by atoms with Crippen LogP contribution in [0.2, 0.25) is 0 Å². The maximum absolute atomic E-state index is 14.5. The zero-order valence-corrected chi connectivity index (χ0v) is 23.3. The molecule has 214 valence electrons. The normalized spacial score (nSPS) is 17.8. The number of ether oxygens (including phenoxy) is 3. The van der Waals surface area contributed by atoms with E-state index in [9.17, 15) is 18.4 Å². The molecule has 0 saturated heterocycles. The number of rotatable bonds is 15. The summed E-state index contributed by atoms with van der Waals surface area (Å²) in [4.78, 5) is 24.4. The molecule has 0 aromatic heterocycles. The summed E-state index contributed by atoms with van der Waals surface area (Å²) in [5, 5.41) is 0. The Morgan fingerprint density at radius 2 is 1.62 bits per heavy atom. The second-order valence-corrected chi connectivity index (χ2v) is 10.5. The van der Waals surface area contributed by atoms with E-state index in [0.29, 0.717) is 30.4 Å². The van der Waals surface area contributed by atoms with Crippen LogP contribution in [0.15, 0.2) is 42.5 Å². The lowest BCUT2D eigenvalue weighted by molar-refractivity contribution is -0.157. The number of carbonyl (C=O) groups is 2. The summed E-state index contributed by atoms with van der Waals surface area (Å²) in [7, 11) is 0. The molecule has 2 aromatic rings. The summed E-state index contributed by atoms with van der Waals surface area (Å²) in [6.07, 6.45) is 8.45. The monoisotopic (exact) mass is 544 g/mol. The average Bonchev–Trinajstić information content (AvgIpc) is 2.94. The van der Waals surface area contributed by atoms with Crippen molar-refractivity contribution in [3.63, 3.8) is 0 Å². The Morgan fingerprint density at radius 3 is 2.28 bits per heavy atom. The first kappa shape index (κ1) is 30.6. The van der Waals surface area contributed by atoms with Gasteiger partial charge in [0.1, 0.15) is 23.4 Å². The summed E-state index contributed by atoms with van der Waals surface area (Å²) in [6, 6.07) is 11.5. The van der Waals surface area contributed by atoms with E-state index < -0.39 is 23.9 Å². The molecular formula is C32H42F2O5. The van der Waals surface area contributed by atoms with Crippen molar-refractivity contribution < 1.29 is 32.6 Å². The van der Waals surface area contributed by atoms with E-state index in [2.05, 4.69) is 6.92 Å². The molecule has 1 aliphatic carbocycles. The van der Waals surface area contributed by atoms with Gasteiger partial charge in [0.25, 0.3) is 0 Å². The third-order valence-electron chi connectivity index (χ3n) is 7.30. The molecule has 7 heteroatoms. The summed E-state index contributed by atoms with van der Waals surface area (Å²) in [5.74, 6) is -0.848. The Balaban J connectivity index is 1.39. The Labute approximate surface area is 231 Å². The highest BCUT2D eigenvalue weighted by Gasteiger charge is 2.27. The van der Waals surface area contributed by atoms with Crippen LogP contribution in [0.3, 0.4) is 0 Å². The van der Waals surface area contributed by atoms with Crippen LogP contribution in [-0.2, 0) is 16.0 Å². The number of alkyl halides is 1. The predicted octanol–water partition coefficient (Wildman–Crippen LogP) is 8.18. The molecule has 2 aromatic carbocycles. The number of unbranched alkanes of at least 4 members (excludes halogenated alkanes) is 3. The second kappa shape index (κ2) is 16.2. The number of hydrogen-bond donors (Lipinski definition) is 0. The first-order valence-corrected chi connectivity index (χ1v) is 14.5. The van der Waals surface area contributed by atoms with Gasteiger partial charge in [-0.3, -0.25) is 0 Å². The van der Waals surface area contributed by atoms with Crippen molar-refractivity contribution in [1.82, 2.24) is 0 Å². The molecule has 1 saturated carbocycles. The third kappa shape index (κ3) is 10.3. The van der Waals surface area contributed by atoms with Gasteiger partial charge in [0.05, 0.1) is 12.2 Å². The molecule has 1 aliphatic rings. The molecule has 3 rings (SSSR count). The zero-order valence-electron chi connectivity index (χ0n) is 23.3. The molecule has 39 heavy (non-hydrogen) atoms. The standard InChI is InChI=1S/C32H42F2O5/c1-3-5-7-21-37-27-19-20-28(30(34)22-27)31(35)38-25-15-11-23(12-16-25)9-10-24-13-17-26(18-14-24)39-32(36)29(33)8-6-4-2/h11-12,15-16,19-20,22,24,26,29H,3-10,13-14,17-18,21H2,1-2H3/t24?,26?,29-/m0/s1. The summed E-state index contributed by atoms with van der Waals surface area (Å²) in [6.45, 7) is 4.58. The van der Waals surface area contributed by atoms with Crippen LogP contribution in [-0.4, -0.2) is 30.8 Å². The van der Waals surface area contributed by atoms with Crippen molar-refractivity contribution in [1.29, 1.82) is 0 Å². The molecule has 5 nitrogen and oxygen atoms in total. The van der Waals surface area contributed by atoms with E-state index in [4.69, 9.17) is 14.2 Å². The maximum atomic E-state index is 14.5. The van der Waals surface area contributed by atoms with Gasteiger partial charge in [-0.1, -0.05) is 51.7 Å². The quantitative estimate of drug-likeness (QED) is 0.129. The van der Waals surface area contributed by atoms with Crippen molar-refractivity contribution in [3.05, 3.63) is 59.4 Å². The van der Waals surface area contributed by atoms with Crippen LogP contribution >= 0.6 is 0 Å². The van der Waals surface area contributed by atoms with Crippen molar-refractivity contribution in [2.45, 2.75) is 103 Å². The Morgan fingerprint density at radius 1 is 0.923 bits per heavy atom. The summed E-state index contributed by atoms with van der Waals surface area (Å²) in [5.41, 5.74) is 0.986. The molecule has 0 amide bonds. The number of esters is 2. The maximum Gasteiger partial charge on any atom is 0.346 e. The fraction of sp³-hybridized carbons (Fsp3) is 0.562. The van der Waals surface area contributed by atoms with E-state index in [1.165, 1.54) is 12.1 Å². The topological polar surface area (TPSA) is 61.8 Å². The number of aryl methyl sites for hydroxylation is 1. The minimum absolute atomic E-state index is 0.135. The van der Waals surface area contributed by atoms with Crippen molar-refractivity contribution in [3.8, 4) is 11.5 Å². The van der Waals surface area contributed by atoms with Crippen LogP contribution < -0.4 is 9.47 Å². The minimum atomic E-state index is -1.51. The van der Waals surface area contributed by atoms with E-state index in [-0.39, 0.29) is 18.1 Å². The number of carbonyl (C=O) groups excluding carboxylic acids is 2. The highest BCUT2D eigenvalue weighted by molar-refractivity contribution is 5.91. The number of benzene rings is 2. The van der Waals surface area contributed by atoms with Gasteiger partial charge in [0, 0.05) is 6.07 Å². The molecule has 1 fully saturated rings. The Bertz CT molecular complexity index is 1030. The Kier molecular flexibility index (Phi) is 12.7. The van der Waals surface area contributed by atoms with Gasteiger partial charge in [-0.15, -0.1) is 0 Å². The number of halogens is 2. The summed E-state index contributed by atoms with van der Waals surface area (Å²) >= 11 is 0. The van der Waals surface area contributed by atoms with E-state index in [1.807, 2.05) is 19.1 Å². The smallest absolute Gasteiger partial charge is 0.346 e. The van der Waals surface area contributed by atoms with Gasteiger partial charge in [0.15, 0.2) is 6.17 Å². The average molecular weight is 545 g/mol. The van der Waals surface area contributed by atoms with Crippen LogP contribution in [0.25, 0.3) is 0 Å². The molecule has 0 spiro atoms. The van der Waals surface area contributed by atoms with Gasteiger partial charge in [-0.2, -0.15) is 0 Å². The van der Waals surface area contributed by atoms with Crippen LogP contribution in [0, 0.1) is 11.7 Å². The molecule has 0 unspecified atom stereocenters. The lowest BCUT2D eigenvalue weighted by atomic mass is 9.83. The highest BCUT2D eigenvalue weighted by Crippen LogP contribution is 2.30.